The van der Waals surface area contributed by atoms with E-state index in [4.69, 9.17) is 5.73 Å². The Morgan fingerprint density at radius 2 is 2.21 bits per heavy atom. The first-order valence-electron chi connectivity index (χ1n) is 5.25. The van der Waals surface area contributed by atoms with Crippen LogP contribution < -0.4 is 5.73 Å². The van der Waals surface area contributed by atoms with Gasteiger partial charge in [-0.15, -0.1) is 11.8 Å². The number of aryl methyl sites for hydroxylation is 1. The van der Waals surface area contributed by atoms with Crippen molar-refractivity contribution in [3.05, 3.63) is 35.4 Å². The summed E-state index contributed by atoms with van der Waals surface area (Å²) in [5.41, 5.74) is 8.91. The second-order valence-electron chi connectivity index (χ2n) is 3.81. The van der Waals surface area contributed by atoms with E-state index in [1.807, 2.05) is 11.8 Å². The molecule has 14 heavy (non-hydrogen) atoms. The Labute approximate surface area is 90.1 Å². The summed E-state index contributed by atoms with van der Waals surface area (Å²) in [5.74, 6) is 1.21. The van der Waals surface area contributed by atoms with E-state index < -0.39 is 0 Å². The lowest BCUT2D eigenvalue weighted by Gasteiger charge is -2.37. The summed E-state index contributed by atoms with van der Waals surface area (Å²) in [7, 11) is 0. The van der Waals surface area contributed by atoms with E-state index in [1.165, 1.54) is 23.3 Å². The normalized spacial score (nSPS) is 25.9. The first kappa shape index (κ1) is 10.1. The molecule has 0 saturated carbocycles. The monoisotopic (exact) mass is 207 g/mol. The molecule has 0 amide bonds. The smallest absolute Gasteiger partial charge is 0.0530 e. The molecule has 76 valence electrons. The van der Waals surface area contributed by atoms with Crippen molar-refractivity contribution in [2.75, 3.05) is 12.3 Å². The minimum Gasteiger partial charge on any atom is -0.329 e. The molecule has 1 aliphatic heterocycles. The summed E-state index contributed by atoms with van der Waals surface area (Å²) in [4.78, 5) is 0. The third kappa shape index (κ3) is 1.47. The molecule has 0 spiro atoms. The average Bonchev–Trinajstić information content (AvgIpc) is 2.28. The maximum absolute atomic E-state index is 5.94. The molecule has 0 saturated heterocycles. The second kappa shape index (κ2) is 3.95. The molecule has 0 aliphatic carbocycles. The van der Waals surface area contributed by atoms with Crippen molar-refractivity contribution in [1.82, 2.24) is 0 Å². The van der Waals surface area contributed by atoms with Gasteiger partial charge in [-0.1, -0.05) is 31.2 Å². The second-order valence-corrected chi connectivity index (χ2v) is 5.29. The highest BCUT2D eigenvalue weighted by Gasteiger charge is 2.33. The average molecular weight is 207 g/mol. The third-order valence-corrected chi connectivity index (χ3v) is 4.79. The predicted molar refractivity (Wildman–Crippen MR) is 63.6 cm³/mol. The van der Waals surface area contributed by atoms with Crippen LogP contribution in [0.1, 0.15) is 24.5 Å². The van der Waals surface area contributed by atoms with E-state index in [2.05, 4.69) is 31.2 Å². The van der Waals surface area contributed by atoms with E-state index in [0.717, 1.165) is 13.0 Å². The fourth-order valence-corrected chi connectivity index (χ4v) is 3.61. The molecule has 1 atom stereocenters. The summed E-state index contributed by atoms with van der Waals surface area (Å²) in [6.45, 7) is 2.99. The molecular formula is C12H17NS. The summed E-state index contributed by atoms with van der Waals surface area (Å²) >= 11 is 2.03. The van der Waals surface area contributed by atoms with Crippen molar-refractivity contribution < 1.29 is 0 Å². The lowest BCUT2D eigenvalue weighted by molar-refractivity contribution is 0.597. The summed E-state index contributed by atoms with van der Waals surface area (Å²) in [6, 6.07) is 8.75. The zero-order valence-corrected chi connectivity index (χ0v) is 9.44. The van der Waals surface area contributed by atoms with Crippen LogP contribution in [0.15, 0.2) is 24.3 Å². The first-order valence-corrected chi connectivity index (χ1v) is 6.23. The van der Waals surface area contributed by atoms with E-state index in [-0.39, 0.29) is 4.75 Å². The van der Waals surface area contributed by atoms with Gasteiger partial charge in [0.05, 0.1) is 4.75 Å². The van der Waals surface area contributed by atoms with Crippen molar-refractivity contribution in [2.24, 2.45) is 5.73 Å². The molecule has 1 nitrogen and oxygen atoms in total. The van der Waals surface area contributed by atoms with Gasteiger partial charge in [0.1, 0.15) is 0 Å². The predicted octanol–water partition coefficient (Wildman–Crippen LogP) is 2.54. The first-order chi connectivity index (χ1) is 6.82. The number of nitrogens with two attached hydrogens (primary N) is 1. The lowest BCUT2D eigenvalue weighted by Crippen LogP contribution is -2.35. The van der Waals surface area contributed by atoms with Crippen LogP contribution in [-0.2, 0) is 11.2 Å². The zero-order chi connectivity index (χ0) is 10.0. The number of hydrogen-bond acceptors (Lipinski definition) is 2. The lowest BCUT2D eigenvalue weighted by atomic mass is 9.89. The number of thioether (sulfide) groups is 1. The summed E-state index contributed by atoms with van der Waals surface area (Å²) in [6.07, 6.45) is 2.33. The van der Waals surface area contributed by atoms with E-state index >= 15 is 0 Å². The van der Waals surface area contributed by atoms with E-state index in [1.54, 1.807) is 0 Å². The van der Waals surface area contributed by atoms with Gasteiger partial charge in [-0.3, -0.25) is 0 Å². The van der Waals surface area contributed by atoms with Gasteiger partial charge in [-0.25, -0.2) is 0 Å². The summed E-state index contributed by atoms with van der Waals surface area (Å²) < 4.78 is 0.189. The Morgan fingerprint density at radius 1 is 1.43 bits per heavy atom. The van der Waals surface area contributed by atoms with Gasteiger partial charge in [-0.05, 0) is 29.7 Å². The molecule has 0 bridgehead atoms. The van der Waals surface area contributed by atoms with Gasteiger partial charge >= 0.3 is 0 Å². The van der Waals surface area contributed by atoms with Crippen LogP contribution in [0.5, 0.6) is 0 Å². The van der Waals surface area contributed by atoms with Crippen LogP contribution in [0.4, 0.5) is 0 Å². The molecule has 2 rings (SSSR count). The van der Waals surface area contributed by atoms with E-state index in [0.29, 0.717) is 0 Å². The van der Waals surface area contributed by atoms with Crippen molar-refractivity contribution in [3.63, 3.8) is 0 Å². The zero-order valence-electron chi connectivity index (χ0n) is 8.62. The van der Waals surface area contributed by atoms with Gasteiger partial charge in [0.2, 0.25) is 0 Å². The van der Waals surface area contributed by atoms with E-state index in [9.17, 15) is 0 Å². The number of rotatable bonds is 2. The molecule has 0 radical (unpaired) electrons. The Morgan fingerprint density at radius 3 is 2.93 bits per heavy atom. The number of hydrogen-bond donors (Lipinski definition) is 1. The Balaban J connectivity index is 2.48. The molecule has 2 N–H and O–H groups in total. The molecule has 1 unspecified atom stereocenters. The van der Waals surface area contributed by atoms with Gasteiger partial charge < -0.3 is 5.73 Å². The molecular weight excluding hydrogens is 190 g/mol. The fourth-order valence-electron chi connectivity index (χ4n) is 2.22. The number of benzene rings is 1. The van der Waals surface area contributed by atoms with Crippen molar-refractivity contribution in [3.8, 4) is 0 Å². The molecule has 2 heteroatoms. The van der Waals surface area contributed by atoms with Gasteiger partial charge in [0.25, 0.3) is 0 Å². The van der Waals surface area contributed by atoms with Gasteiger partial charge in [0, 0.05) is 6.54 Å². The molecule has 1 aromatic rings. The minimum absolute atomic E-state index is 0.189. The third-order valence-electron chi connectivity index (χ3n) is 3.16. The fraction of sp³-hybridized carbons (Fsp3) is 0.500. The Bertz CT molecular complexity index is 318. The van der Waals surface area contributed by atoms with Crippen LogP contribution >= 0.6 is 11.8 Å². The van der Waals surface area contributed by atoms with Crippen molar-refractivity contribution in [1.29, 1.82) is 0 Å². The van der Waals surface area contributed by atoms with Crippen LogP contribution in [0, 0.1) is 0 Å². The molecule has 1 aliphatic rings. The quantitative estimate of drug-likeness (QED) is 0.806. The molecule has 0 aromatic heterocycles. The highest BCUT2D eigenvalue weighted by Crippen LogP contribution is 2.44. The van der Waals surface area contributed by atoms with Gasteiger partial charge in [0.15, 0.2) is 0 Å². The number of fused-ring (bicyclic) bond motifs is 1. The van der Waals surface area contributed by atoms with Crippen molar-refractivity contribution in [2.45, 2.75) is 24.5 Å². The Kier molecular flexibility index (Phi) is 2.84. The van der Waals surface area contributed by atoms with Crippen molar-refractivity contribution >= 4 is 11.8 Å². The van der Waals surface area contributed by atoms with Crippen LogP contribution in [0.2, 0.25) is 0 Å². The Hall–Kier alpha value is -0.470. The SMILES string of the molecule is CCC1(CN)SCCc2ccccc21. The molecule has 0 fully saturated rings. The maximum atomic E-state index is 5.94. The highest BCUT2D eigenvalue weighted by atomic mass is 32.2. The molecule has 1 aromatic carbocycles. The minimum atomic E-state index is 0.189. The van der Waals surface area contributed by atoms with Crippen LogP contribution in [0.3, 0.4) is 0 Å². The van der Waals surface area contributed by atoms with Gasteiger partial charge in [-0.2, -0.15) is 0 Å². The summed E-state index contributed by atoms with van der Waals surface area (Å²) in [5, 5.41) is 0. The van der Waals surface area contributed by atoms with Crippen LogP contribution in [-0.4, -0.2) is 12.3 Å². The highest BCUT2D eigenvalue weighted by molar-refractivity contribution is 8.00. The molecule has 1 heterocycles. The topological polar surface area (TPSA) is 26.0 Å². The largest absolute Gasteiger partial charge is 0.329 e. The van der Waals surface area contributed by atoms with Crippen LogP contribution in [0.25, 0.3) is 0 Å². The standard InChI is InChI=1S/C12H17NS/c1-2-12(9-13)11-6-4-3-5-10(11)7-8-14-12/h3-6H,2,7-9,13H2,1H3. The maximum Gasteiger partial charge on any atom is 0.0530 e.